The minimum atomic E-state index is -0.195. The molecule has 0 saturated carbocycles. The van der Waals surface area contributed by atoms with Gasteiger partial charge in [0.25, 0.3) is 0 Å². The fourth-order valence-electron chi connectivity index (χ4n) is 3.62. The van der Waals surface area contributed by atoms with E-state index in [1.165, 1.54) is 12.7 Å². The number of hydrogen-bond donors (Lipinski definition) is 0. The van der Waals surface area contributed by atoms with Crippen molar-refractivity contribution >= 4 is 5.97 Å². The molecule has 0 bridgehead atoms. The molecule has 0 spiro atoms. The summed E-state index contributed by atoms with van der Waals surface area (Å²) in [6.07, 6.45) is 4.55. The van der Waals surface area contributed by atoms with Crippen LogP contribution < -0.4 is 9.47 Å². The van der Waals surface area contributed by atoms with Gasteiger partial charge in [0.15, 0.2) is 0 Å². The Morgan fingerprint density at radius 3 is 2.64 bits per heavy atom. The average Bonchev–Trinajstić information content (AvgIpc) is 2.84. The number of aryl methyl sites for hydroxylation is 3. The van der Waals surface area contributed by atoms with Gasteiger partial charge in [-0.05, 0) is 79.8 Å². The van der Waals surface area contributed by atoms with E-state index < -0.39 is 0 Å². The van der Waals surface area contributed by atoms with Crippen LogP contribution in [-0.2, 0) is 22.4 Å². The van der Waals surface area contributed by atoms with E-state index in [2.05, 4.69) is 31.0 Å². The topological polar surface area (TPSA) is 57.7 Å². The molecule has 33 heavy (non-hydrogen) atoms. The molecule has 3 aromatic rings. The van der Waals surface area contributed by atoms with Gasteiger partial charge in [-0.15, -0.1) is 0 Å². The number of hydrogen-bond acceptors (Lipinski definition) is 5. The van der Waals surface area contributed by atoms with Crippen LogP contribution in [0.2, 0.25) is 0 Å². The van der Waals surface area contributed by atoms with Gasteiger partial charge < -0.3 is 14.2 Å². The first-order chi connectivity index (χ1) is 16.0. The maximum atomic E-state index is 11.4. The third-order valence-electron chi connectivity index (χ3n) is 5.65. The fraction of sp³-hybridized carbons (Fsp3) is 0.357. The normalized spacial score (nSPS) is 11.6. The lowest BCUT2D eigenvalue weighted by Crippen LogP contribution is -2.16. The Morgan fingerprint density at radius 1 is 1.09 bits per heavy atom. The number of ether oxygens (including phenoxy) is 3. The number of esters is 1. The Labute approximate surface area is 196 Å². The molecule has 0 saturated heterocycles. The van der Waals surface area contributed by atoms with E-state index in [9.17, 15) is 4.79 Å². The number of carbonyl (C=O) groups is 1. The molecule has 5 nitrogen and oxygen atoms in total. The van der Waals surface area contributed by atoms with E-state index in [0.29, 0.717) is 19.4 Å². The van der Waals surface area contributed by atoms with Gasteiger partial charge in [0.05, 0.1) is 25.5 Å². The summed E-state index contributed by atoms with van der Waals surface area (Å²) in [6, 6.07) is 18.2. The molecule has 0 unspecified atom stereocenters. The molecule has 0 aliphatic heterocycles. The summed E-state index contributed by atoms with van der Waals surface area (Å²) < 4.78 is 17.0. The quantitative estimate of drug-likeness (QED) is 0.339. The number of methoxy groups -OCH3 is 1. The molecule has 3 rings (SSSR count). The predicted molar refractivity (Wildman–Crippen MR) is 131 cm³/mol. The molecule has 1 aromatic heterocycles. The lowest BCUT2D eigenvalue weighted by Gasteiger charge is -2.18. The van der Waals surface area contributed by atoms with E-state index in [1.807, 2.05) is 49.4 Å². The zero-order valence-corrected chi connectivity index (χ0v) is 20.0. The summed E-state index contributed by atoms with van der Waals surface area (Å²) in [5.74, 6) is 1.46. The summed E-state index contributed by atoms with van der Waals surface area (Å²) in [4.78, 5) is 15.9. The van der Waals surface area contributed by atoms with Crippen molar-refractivity contribution in [2.24, 2.45) is 0 Å². The SMILES string of the molecule is CCc1ccc(O[C@@H](C)CCOc2ccc(CCC(=O)OC)c(C)c2)c(-c2ccccn2)c1. The number of benzene rings is 2. The zero-order valence-electron chi connectivity index (χ0n) is 20.0. The Morgan fingerprint density at radius 2 is 1.94 bits per heavy atom. The molecule has 5 heteroatoms. The molecule has 0 radical (unpaired) electrons. The Hall–Kier alpha value is -3.34. The standard InChI is InChI=1S/C28H33NO4/c1-5-22-9-13-27(25(19-22)26-8-6-7-16-29-26)33-21(3)15-17-32-24-12-10-23(20(2)18-24)11-14-28(30)31-4/h6-10,12-13,16,18-19,21H,5,11,14-15,17H2,1-4H3/t21-/m0/s1. The average molecular weight is 448 g/mol. The van der Waals surface area contributed by atoms with Crippen molar-refractivity contribution in [2.45, 2.75) is 52.6 Å². The third kappa shape index (κ3) is 7.07. The van der Waals surface area contributed by atoms with Crippen LogP contribution in [0.4, 0.5) is 0 Å². The molecule has 2 aromatic carbocycles. The number of nitrogens with zero attached hydrogens (tertiary/aromatic N) is 1. The molecular weight excluding hydrogens is 414 g/mol. The van der Waals surface area contributed by atoms with E-state index in [4.69, 9.17) is 14.2 Å². The molecule has 174 valence electrons. The first-order valence-electron chi connectivity index (χ1n) is 11.5. The van der Waals surface area contributed by atoms with Crippen molar-refractivity contribution in [3.8, 4) is 22.8 Å². The second-order valence-corrected chi connectivity index (χ2v) is 8.13. The van der Waals surface area contributed by atoms with Crippen molar-refractivity contribution in [3.05, 3.63) is 77.5 Å². The highest BCUT2D eigenvalue weighted by atomic mass is 16.5. The summed E-state index contributed by atoms with van der Waals surface area (Å²) in [5, 5.41) is 0. The third-order valence-corrected chi connectivity index (χ3v) is 5.65. The second-order valence-electron chi connectivity index (χ2n) is 8.13. The van der Waals surface area contributed by atoms with Gasteiger partial charge in [-0.2, -0.15) is 0 Å². The van der Waals surface area contributed by atoms with Gasteiger partial charge in [-0.25, -0.2) is 0 Å². The van der Waals surface area contributed by atoms with Gasteiger partial charge in [0.2, 0.25) is 0 Å². The molecular formula is C28H33NO4. The highest BCUT2D eigenvalue weighted by molar-refractivity contribution is 5.69. The first kappa shape index (κ1) is 24.3. The summed E-state index contributed by atoms with van der Waals surface area (Å²) >= 11 is 0. The van der Waals surface area contributed by atoms with Crippen LogP contribution in [0.1, 0.15) is 43.4 Å². The number of aromatic nitrogens is 1. The first-order valence-corrected chi connectivity index (χ1v) is 11.5. The van der Waals surface area contributed by atoms with Crippen molar-refractivity contribution in [3.63, 3.8) is 0 Å². The van der Waals surface area contributed by atoms with Crippen molar-refractivity contribution in [1.82, 2.24) is 4.98 Å². The van der Waals surface area contributed by atoms with E-state index in [1.54, 1.807) is 6.20 Å². The number of pyridine rings is 1. The van der Waals surface area contributed by atoms with Crippen LogP contribution in [0.5, 0.6) is 11.5 Å². The lowest BCUT2D eigenvalue weighted by atomic mass is 10.0. The van der Waals surface area contributed by atoms with Crippen LogP contribution in [-0.4, -0.2) is 30.8 Å². The van der Waals surface area contributed by atoms with Gasteiger partial charge in [0.1, 0.15) is 11.5 Å². The lowest BCUT2D eigenvalue weighted by molar-refractivity contribution is -0.140. The molecule has 0 amide bonds. The summed E-state index contributed by atoms with van der Waals surface area (Å²) in [6.45, 7) is 6.78. The number of rotatable bonds is 11. The van der Waals surface area contributed by atoms with Crippen molar-refractivity contribution in [1.29, 1.82) is 0 Å². The minimum Gasteiger partial charge on any atom is -0.493 e. The monoisotopic (exact) mass is 447 g/mol. The van der Waals surface area contributed by atoms with E-state index in [-0.39, 0.29) is 12.1 Å². The van der Waals surface area contributed by atoms with Gasteiger partial charge in [-0.1, -0.05) is 25.1 Å². The fourth-order valence-corrected chi connectivity index (χ4v) is 3.62. The van der Waals surface area contributed by atoms with Crippen LogP contribution in [0.25, 0.3) is 11.3 Å². The molecule has 0 fully saturated rings. The largest absolute Gasteiger partial charge is 0.493 e. The van der Waals surface area contributed by atoms with Crippen molar-refractivity contribution in [2.75, 3.05) is 13.7 Å². The summed E-state index contributed by atoms with van der Waals surface area (Å²) in [7, 11) is 1.41. The molecule has 1 heterocycles. The number of carbonyl (C=O) groups excluding carboxylic acids is 1. The zero-order chi connectivity index (χ0) is 23.6. The maximum Gasteiger partial charge on any atom is 0.305 e. The Balaban J connectivity index is 1.56. The molecule has 1 atom stereocenters. The van der Waals surface area contributed by atoms with Crippen LogP contribution in [0, 0.1) is 6.92 Å². The van der Waals surface area contributed by atoms with E-state index in [0.717, 1.165) is 46.7 Å². The van der Waals surface area contributed by atoms with Gasteiger partial charge >= 0.3 is 5.97 Å². The highest BCUT2D eigenvalue weighted by Gasteiger charge is 2.13. The van der Waals surface area contributed by atoms with Crippen molar-refractivity contribution < 1.29 is 19.0 Å². The molecule has 0 aliphatic rings. The van der Waals surface area contributed by atoms with E-state index >= 15 is 0 Å². The smallest absolute Gasteiger partial charge is 0.305 e. The van der Waals surface area contributed by atoms with Gasteiger partial charge in [0, 0.05) is 24.6 Å². The second kappa shape index (κ2) is 12.0. The van der Waals surface area contributed by atoms with Crippen LogP contribution in [0.15, 0.2) is 60.8 Å². The maximum absolute atomic E-state index is 11.4. The molecule has 0 N–H and O–H groups in total. The summed E-state index contributed by atoms with van der Waals surface area (Å²) in [5.41, 5.74) is 5.41. The van der Waals surface area contributed by atoms with Gasteiger partial charge in [-0.3, -0.25) is 9.78 Å². The Bertz CT molecular complexity index is 1050. The minimum absolute atomic E-state index is 0.0136. The van der Waals surface area contributed by atoms with Crippen LogP contribution >= 0.6 is 0 Å². The molecule has 0 aliphatic carbocycles. The predicted octanol–water partition coefficient (Wildman–Crippen LogP) is 5.96. The highest BCUT2D eigenvalue weighted by Crippen LogP contribution is 2.31. The Kier molecular flexibility index (Phi) is 8.87. The van der Waals surface area contributed by atoms with Crippen LogP contribution in [0.3, 0.4) is 0 Å².